The van der Waals surface area contributed by atoms with Crippen LogP contribution in [0.15, 0.2) is 12.3 Å². The van der Waals surface area contributed by atoms with Crippen molar-refractivity contribution in [3.63, 3.8) is 0 Å². The maximum Gasteiger partial charge on any atom is 0.0726 e. The summed E-state index contributed by atoms with van der Waals surface area (Å²) in [5.74, 6) is 0. The van der Waals surface area contributed by atoms with Gasteiger partial charge in [0.2, 0.25) is 0 Å². The SMILES string of the molecule is Cc1ccn2c1CNC2. The predicted octanol–water partition coefficient (Wildman–Crippen LogP) is 0.857. The molecule has 1 aromatic heterocycles. The van der Waals surface area contributed by atoms with E-state index in [0.717, 1.165) is 13.2 Å². The van der Waals surface area contributed by atoms with Gasteiger partial charge in [-0.1, -0.05) is 0 Å². The highest BCUT2D eigenvalue weighted by Gasteiger charge is 2.09. The zero-order chi connectivity index (χ0) is 6.27. The van der Waals surface area contributed by atoms with Gasteiger partial charge in [-0.25, -0.2) is 0 Å². The van der Waals surface area contributed by atoms with Crippen LogP contribution in [0.3, 0.4) is 0 Å². The molecule has 2 heterocycles. The van der Waals surface area contributed by atoms with E-state index in [0.29, 0.717) is 0 Å². The van der Waals surface area contributed by atoms with Crippen molar-refractivity contribution in [2.45, 2.75) is 20.1 Å². The van der Waals surface area contributed by atoms with Gasteiger partial charge in [0.15, 0.2) is 0 Å². The topological polar surface area (TPSA) is 17.0 Å². The molecule has 0 saturated carbocycles. The summed E-state index contributed by atoms with van der Waals surface area (Å²) in [4.78, 5) is 0. The summed E-state index contributed by atoms with van der Waals surface area (Å²) in [6.07, 6.45) is 2.13. The summed E-state index contributed by atoms with van der Waals surface area (Å²) in [6, 6.07) is 2.16. The maximum atomic E-state index is 3.27. The van der Waals surface area contributed by atoms with E-state index in [1.54, 1.807) is 0 Å². The van der Waals surface area contributed by atoms with Crippen molar-refractivity contribution in [2.75, 3.05) is 0 Å². The number of aromatic nitrogens is 1. The molecule has 0 amide bonds. The Morgan fingerprint density at radius 2 is 2.56 bits per heavy atom. The number of hydrogen-bond acceptors (Lipinski definition) is 1. The molecule has 0 unspecified atom stereocenters. The van der Waals surface area contributed by atoms with Crippen molar-refractivity contribution in [1.82, 2.24) is 9.88 Å². The Kier molecular flexibility index (Phi) is 0.904. The van der Waals surface area contributed by atoms with E-state index in [4.69, 9.17) is 0 Å². The number of fused-ring (bicyclic) bond motifs is 1. The van der Waals surface area contributed by atoms with E-state index >= 15 is 0 Å². The third-order valence-corrected chi connectivity index (χ3v) is 1.88. The van der Waals surface area contributed by atoms with E-state index in [1.807, 2.05) is 0 Å². The monoisotopic (exact) mass is 122 g/mol. The molecular formula is C7H10N2. The second-order valence-electron chi connectivity index (χ2n) is 2.50. The van der Waals surface area contributed by atoms with E-state index in [1.165, 1.54) is 11.3 Å². The summed E-state index contributed by atoms with van der Waals surface area (Å²) in [5.41, 5.74) is 2.84. The van der Waals surface area contributed by atoms with Crippen molar-refractivity contribution < 1.29 is 0 Å². The largest absolute Gasteiger partial charge is 0.337 e. The molecule has 2 rings (SSSR count). The normalized spacial score (nSPS) is 16.1. The van der Waals surface area contributed by atoms with Gasteiger partial charge in [-0.15, -0.1) is 0 Å². The summed E-state index contributed by atoms with van der Waals surface area (Å²) >= 11 is 0. The second-order valence-corrected chi connectivity index (χ2v) is 2.50. The Morgan fingerprint density at radius 3 is 3.33 bits per heavy atom. The quantitative estimate of drug-likeness (QED) is 0.540. The molecule has 2 heteroatoms. The van der Waals surface area contributed by atoms with Crippen molar-refractivity contribution >= 4 is 0 Å². The number of hydrogen-bond donors (Lipinski definition) is 1. The lowest BCUT2D eigenvalue weighted by molar-refractivity contribution is 0.661. The van der Waals surface area contributed by atoms with Crippen molar-refractivity contribution in [1.29, 1.82) is 0 Å². The maximum absolute atomic E-state index is 3.27. The van der Waals surface area contributed by atoms with Gasteiger partial charge in [-0.05, 0) is 18.6 Å². The van der Waals surface area contributed by atoms with Crippen LogP contribution in [0.4, 0.5) is 0 Å². The van der Waals surface area contributed by atoms with Crippen LogP contribution in [-0.2, 0) is 13.2 Å². The van der Waals surface area contributed by atoms with Gasteiger partial charge in [-0.3, -0.25) is 5.32 Å². The van der Waals surface area contributed by atoms with Gasteiger partial charge < -0.3 is 4.57 Å². The summed E-state index contributed by atoms with van der Waals surface area (Å²) in [7, 11) is 0. The van der Waals surface area contributed by atoms with Crippen LogP contribution in [0.5, 0.6) is 0 Å². The van der Waals surface area contributed by atoms with Gasteiger partial charge >= 0.3 is 0 Å². The molecule has 0 spiro atoms. The minimum Gasteiger partial charge on any atom is -0.337 e. The minimum atomic E-state index is 0.989. The average molecular weight is 122 g/mol. The minimum absolute atomic E-state index is 0.989. The Balaban J connectivity index is 2.56. The highest BCUT2D eigenvalue weighted by atomic mass is 15.2. The molecule has 48 valence electrons. The van der Waals surface area contributed by atoms with Crippen LogP contribution in [-0.4, -0.2) is 4.57 Å². The Morgan fingerprint density at radius 1 is 1.67 bits per heavy atom. The summed E-state index contributed by atoms with van der Waals surface area (Å²) in [6.45, 7) is 4.18. The molecule has 0 saturated heterocycles. The molecule has 9 heavy (non-hydrogen) atoms. The molecule has 0 atom stereocenters. The zero-order valence-electron chi connectivity index (χ0n) is 5.52. The molecular weight excluding hydrogens is 112 g/mol. The predicted molar refractivity (Wildman–Crippen MR) is 36.0 cm³/mol. The van der Waals surface area contributed by atoms with Crippen LogP contribution in [0, 0.1) is 6.92 Å². The molecule has 0 bridgehead atoms. The third kappa shape index (κ3) is 0.598. The second kappa shape index (κ2) is 1.61. The molecule has 0 aliphatic carbocycles. The third-order valence-electron chi connectivity index (χ3n) is 1.88. The van der Waals surface area contributed by atoms with E-state index < -0.39 is 0 Å². The van der Waals surface area contributed by atoms with Crippen molar-refractivity contribution in [3.05, 3.63) is 23.5 Å². The molecule has 1 aromatic rings. The lowest BCUT2D eigenvalue weighted by Gasteiger charge is -1.91. The summed E-state index contributed by atoms with van der Waals surface area (Å²) in [5, 5.41) is 3.27. The Hall–Kier alpha value is -0.760. The number of rotatable bonds is 0. The molecule has 1 aliphatic rings. The van der Waals surface area contributed by atoms with Gasteiger partial charge in [0.05, 0.1) is 6.67 Å². The van der Waals surface area contributed by atoms with Crippen molar-refractivity contribution in [3.8, 4) is 0 Å². The van der Waals surface area contributed by atoms with Gasteiger partial charge in [0.25, 0.3) is 0 Å². The standard InChI is InChI=1S/C7H10N2/c1-6-2-3-9-5-8-4-7(6)9/h2-3,8H,4-5H2,1H3. The van der Waals surface area contributed by atoms with Crippen LogP contribution < -0.4 is 5.32 Å². The first-order chi connectivity index (χ1) is 4.38. The van der Waals surface area contributed by atoms with Crippen LogP contribution >= 0.6 is 0 Å². The first kappa shape index (κ1) is 5.06. The van der Waals surface area contributed by atoms with Gasteiger partial charge in [0.1, 0.15) is 0 Å². The lowest BCUT2D eigenvalue weighted by atomic mass is 10.3. The molecule has 0 radical (unpaired) electrons. The van der Waals surface area contributed by atoms with E-state index in [9.17, 15) is 0 Å². The van der Waals surface area contributed by atoms with Crippen molar-refractivity contribution in [2.24, 2.45) is 0 Å². The highest BCUT2D eigenvalue weighted by molar-refractivity contribution is 5.21. The number of nitrogens with zero attached hydrogens (tertiary/aromatic N) is 1. The molecule has 0 fully saturated rings. The highest BCUT2D eigenvalue weighted by Crippen LogP contribution is 2.12. The molecule has 1 N–H and O–H groups in total. The fourth-order valence-corrected chi connectivity index (χ4v) is 1.30. The summed E-state index contributed by atoms with van der Waals surface area (Å²) < 4.78 is 2.25. The fraction of sp³-hybridized carbons (Fsp3) is 0.429. The van der Waals surface area contributed by atoms with Gasteiger partial charge in [0, 0.05) is 18.4 Å². The smallest absolute Gasteiger partial charge is 0.0726 e. The molecule has 2 nitrogen and oxygen atoms in total. The van der Waals surface area contributed by atoms with E-state index in [-0.39, 0.29) is 0 Å². The molecule has 1 aliphatic heterocycles. The number of nitrogens with one attached hydrogen (secondary N) is 1. The van der Waals surface area contributed by atoms with E-state index in [2.05, 4.69) is 29.1 Å². The van der Waals surface area contributed by atoms with Crippen LogP contribution in [0.2, 0.25) is 0 Å². The van der Waals surface area contributed by atoms with Crippen LogP contribution in [0.25, 0.3) is 0 Å². The average Bonchev–Trinajstić information content (AvgIpc) is 2.35. The lowest BCUT2D eigenvalue weighted by Crippen LogP contribution is -2.03. The number of aryl methyl sites for hydroxylation is 1. The fourth-order valence-electron chi connectivity index (χ4n) is 1.30. The first-order valence-corrected chi connectivity index (χ1v) is 3.23. The van der Waals surface area contributed by atoms with Gasteiger partial charge in [-0.2, -0.15) is 0 Å². The van der Waals surface area contributed by atoms with Crippen LogP contribution in [0.1, 0.15) is 11.3 Å². The first-order valence-electron chi connectivity index (χ1n) is 3.23. The zero-order valence-corrected chi connectivity index (χ0v) is 5.52. The molecule has 0 aromatic carbocycles. The Bertz CT molecular complexity index is 225. The Labute approximate surface area is 54.5 Å².